The van der Waals surface area contributed by atoms with Crippen molar-refractivity contribution < 1.29 is 9.07 Å². The van der Waals surface area contributed by atoms with Crippen LogP contribution in [0, 0.1) is 45.9 Å². The zero-order chi connectivity index (χ0) is 16.4. The Kier molecular flexibility index (Phi) is 4.31. The van der Waals surface area contributed by atoms with Crippen molar-refractivity contribution >= 4 is 19.4 Å². The van der Waals surface area contributed by atoms with Crippen LogP contribution in [-0.4, -0.2) is 23.0 Å². The molecule has 0 aliphatic carbocycles. The normalized spacial score (nSPS) is 11.8. The van der Waals surface area contributed by atoms with Crippen LogP contribution in [0.1, 0.15) is 40.1 Å². The molecule has 2 heterocycles. The second-order valence-electron chi connectivity index (χ2n) is 4.91. The maximum absolute atomic E-state index is 9.51. The molecule has 0 spiro atoms. The van der Waals surface area contributed by atoms with Crippen molar-refractivity contribution in [2.24, 2.45) is 0 Å². The largest absolute Gasteiger partial charge is 0.565 e. The third-order valence-electron chi connectivity index (χ3n) is 3.28. The second-order valence-corrected chi connectivity index (χ2v) is 4.91. The van der Waals surface area contributed by atoms with E-state index in [4.69, 9.17) is 17.1 Å². The molecule has 0 aromatic carbocycles. The average molecular weight is 294 g/mol. The van der Waals surface area contributed by atoms with Crippen molar-refractivity contribution in [1.29, 1.82) is 5.26 Å². The van der Waals surface area contributed by atoms with Crippen LogP contribution in [-0.2, 0) is 4.65 Å². The first-order valence-electron chi connectivity index (χ1n) is 6.66. The Morgan fingerprint density at radius 1 is 1.00 bits per heavy atom. The van der Waals surface area contributed by atoms with Crippen molar-refractivity contribution in [3.8, 4) is 6.07 Å². The molecule has 0 bridgehead atoms. The predicted octanol–water partition coefficient (Wildman–Crippen LogP) is 2.50. The van der Waals surface area contributed by atoms with Gasteiger partial charge in [0.05, 0.1) is 22.8 Å². The van der Waals surface area contributed by atoms with E-state index in [9.17, 15) is 5.26 Å². The minimum absolute atomic E-state index is 0.120. The summed E-state index contributed by atoms with van der Waals surface area (Å²) in [7, 11) is 5.39. The zero-order valence-electron chi connectivity index (χ0n) is 13.2. The predicted molar refractivity (Wildman–Crippen MR) is 81.5 cm³/mol. The Labute approximate surface area is 130 Å². The highest BCUT2D eigenvalue weighted by molar-refractivity contribution is 6.06. The number of nitrogens with zero attached hydrogens (tertiary/aromatic N) is 4. The van der Waals surface area contributed by atoms with Crippen LogP contribution in [0.2, 0.25) is 0 Å². The molecule has 0 amide bonds. The Bertz CT molecular complexity index is 803. The molecule has 0 saturated carbocycles. The first kappa shape index (κ1) is 15.8. The summed E-state index contributed by atoms with van der Waals surface area (Å²) in [5.41, 5.74) is 3.29. The van der Waals surface area contributed by atoms with E-state index in [0.29, 0.717) is 28.7 Å². The van der Waals surface area contributed by atoms with Gasteiger partial charge in [-0.25, -0.2) is 9.97 Å². The molecule has 110 valence electrons. The topological polar surface area (TPSA) is 84.8 Å². The quantitative estimate of drug-likeness (QED) is 0.491. The highest BCUT2D eigenvalue weighted by Crippen LogP contribution is 2.29. The lowest BCUT2D eigenvalue weighted by molar-refractivity contribution is 0.506. The van der Waals surface area contributed by atoms with Crippen LogP contribution in [0.4, 0.5) is 0 Å². The van der Waals surface area contributed by atoms with Crippen LogP contribution in [0.15, 0.2) is 4.42 Å². The van der Waals surface area contributed by atoms with E-state index in [1.165, 1.54) is 0 Å². The Balaban J connectivity index is 2.75. The molecule has 0 unspecified atom stereocenters. The molecule has 0 fully saturated rings. The summed E-state index contributed by atoms with van der Waals surface area (Å²) in [6, 6.07) is 2.06. The maximum Gasteiger partial charge on any atom is 0.374 e. The van der Waals surface area contributed by atoms with Crippen molar-refractivity contribution in [1.82, 2.24) is 15.0 Å². The van der Waals surface area contributed by atoms with Gasteiger partial charge in [-0.15, -0.1) is 0 Å². The summed E-state index contributed by atoms with van der Waals surface area (Å²) in [5, 5.41) is 9.51. The van der Waals surface area contributed by atoms with E-state index in [1.54, 1.807) is 20.8 Å². The number of allylic oxidation sites excluding steroid dienone is 1. The van der Waals surface area contributed by atoms with Crippen molar-refractivity contribution in [2.75, 3.05) is 0 Å². The van der Waals surface area contributed by atoms with Crippen LogP contribution in [0.3, 0.4) is 0 Å². The molecule has 0 saturated heterocycles. The molecule has 0 N–H and O–H groups in total. The molecular formula is C15H15BN4O2. The van der Waals surface area contributed by atoms with Crippen LogP contribution in [0.25, 0.3) is 11.3 Å². The average Bonchev–Trinajstić information content (AvgIpc) is 2.79. The lowest BCUT2D eigenvalue weighted by atomic mass is 10.1. The fourth-order valence-electron chi connectivity index (χ4n) is 2.13. The van der Waals surface area contributed by atoms with Gasteiger partial charge < -0.3 is 9.07 Å². The molecule has 0 atom stereocenters. The zero-order valence-corrected chi connectivity index (χ0v) is 13.2. The van der Waals surface area contributed by atoms with E-state index in [-0.39, 0.29) is 11.3 Å². The van der Waals surface area contributed by atoms with E-state index < -0.39 is 0 Å². The molecule has 2 rings (SSSR count). The van der Waals surface area contributed by atoms with Crippen molar-refractivity contribution in [3.05, 3.63) is 40.1 Å². The summed E-state index contributed by atoms with van der Waals surface area (Å²) in [6.07, 6.45) is 0. The van der Waals surface area contributed by atoms with Crippen LogP contribution < -0.4 is 0 Å². The van der Waals surface area contributed by atoms with Gasteiger partial charge in [-0.3, -0.25) is 4.98 Å². The lowest BCUT2D eigenvalue weighted by Gasteiger charge is -2.12. The smallest absolute Gasteiger partial charge is 0.374 e. The fraction of sp³-hybridized carbons (Fsp3) is 0.333. The van der Waals surface area contributed by atoms with Crippen molar-refractivity contribution in [2.45, 2.75) is 34.6 Å². The van der Waals surface area contributed by atoms with E-state index >= 15 is 0 Å². The van der Waals surface area contributed by atoms with Crippen molar-refractivity contribution in [3.63, 3.8) is 0 Å². The number of rotatable bonds is 3. The Morgan fingerprint density at radius 3 is 2.14 bits per heavy atom. The van der Waals surface area contributed by atoms with Gasteiger partial charge in [0, 0.05) is 6.92 Å². The van der Waals surface area contributed by atoms with E-state index in [0.717, 1.165) is 11.4 Å². The van der Waals surface area contributed by atoms with Gasteiger partial charge in [-0.1, -0.05) is 0 Å². The van der Waals surface area contributed by atoms with E-state index in [2.05, 4.69) is 21.0 Å². The lowest BCUT2D eigenvalue weighted by Crippen LogP contribution is -2.05. The first-order valence-corrected chi connectivity index (χ1v) is 6.66. The number of aryl methyl sites for hydroxylation is 5. The van der Waals surface area contributed by atoms with Gasteiger partial charge in [0.1, 0.15) is 23.1 Å². The summed E-state index contributed by atoms with van der Waals surface area (Å²) < 4.78 is 10.4. The summed E-state index contributed by atoms with van der Waals surface area (Å²) in [6.45, 7) is 8.92. The number of aromatic nitrogens is 3. The van der Waals surface area contributed by atoms with Crippen LogP contribution >= 0.6 is 0 Å². The third kappa shape index (κ3) is 2.73. The van der Waals surface area contributed by atoms with Gasteiger partial charge in [0.15, 0.2) is 11.7 Å². The fourth-order valence-corrected chi connectivity index (χ4v) is 2.13. The molecular weight excluding hydrogens is 279 g/mol. The number of nitriles is 1. The molecule has 0 aliphatic rings. The first-order chi connectivity index (χ1) is 10.4. The molecule has 2 aromatic heterocycles. The Morgan fingerprint density at radius 2 is 1.64 bits per heavy atom. The number of hydrogen-bond acceptors (Lipinski definition) is 6. The minimum Gasteiger partial charge on any atom is -0.565 e. The molecule has 7 heteroatoms. The molecule has 0 aliphatic heterocycles. The summed E-state index contributed by atoms with van der Waals surface area (Å²) in [4.78, 5) is 13.0. The molecule has 22 heavy (non-hydrogen) atoms. The molecule has 2 aromatic rings. The van der Waals surface area contributed by atoms with Gasteiger partial charge in [-0.2, -0.15) is 5.26 Å². The highest BCUT2D eigenvalue weighted by atomic mass is 16.4. The Hall–Kier alpha value is -2.62. The minimum atomic E-state index is 0.120. The van der Waals surface area contributed by atoms with Gasteiger partial charge >= 0.3 is 8.05 Å². The monoisotopic (exact) mass is 294 g/mol. The second kappa shape index (κ2) is 6.02. The molecule has 2 radical (unpaired) electrons. The van der Waals surface area contributed by atoms with Gasteiger partial charge in [0.25, 0.3) is 0 Å². The molecule has 6 nitrogen and oxygen atoms in total. The number of oxazole rings is 1. The van der Waals surface area contributed by atoms with Gasteiger partial charge in [0.2, 0.25) is 0 Å². The number of hydrogen-bond donors (Lipinski definition) is 0. The highest BCUT2D eigenvalue weighted by Gasteiger charge is 2.22. The summed E-state index contributed by atoms with van der Waals surface area (Å²) >= 11 is 0. The third-order valence-corrected chi connectivity index (χ3v) is 3.28. The standard InChI is InChI=1S/C15H15BN4O2/c1-7-8(2)20-13(9(3)18-7)15(22-16)12(6-17)14-10(4)19-11(5)21-14/h1-5H3. The maximum atomic E-state index is 9.51. The summed E-state index contributed by atoms with van der Waals surface area (Å²) in [5.74, 6) is 0.897. The SMILES string of the molecule is [B]OC(=C(C#N)c1oc(C)nc1C)c1nc(C)c(C)nc1C. The van der Waals surface area contributed by atoms with E-state index in [1.807, 2.05) is 13.8 Å². The van der Waals surface area contributed by atoms with Gasteiger partial charge in [-0.05, 0) is 27.7 Å². The van der Waals surface area contributed by atoms with Crippen LogP contribution in [0.5, 0.6) is 0 Å².